The van der Waals surface area contributed by atoms with E-state index in [0.29, 0.717) is 12.8 Å². The molecule has 1 saturated heterocycles. The molecule has 1 aliphatic heterocycles. The molecule has 2 aliphatic rings. The standard InChI is InChI=1S/C12H16O6/c1-10(2)11(3)4-5-12(10,18-8(11)15)9(16)17-6-7(13)14/h4-6H2,1-3H3,(H,13,14). The van der Waals surface area contributed by atoms with Crippen molar-refractivity contribution in [3.8, 4) is 0 Å². The molecule has 6 heteroatoms. The van der Waals surface area contributed by atoms with E-state index in [1.54, 1.807) is 20.8 Å². The molecule has 18 heavy (non-hydrogen) atoms. The van der Waals surface area contributed by atoms with Gasteiger partial charge in [0, 0.05) is 5.41 Å². The summed E-state index contributed by atoms with van der Waals surface area (Å²) >= 11 is 0. The number of hydrogen-bond donors (Lipinski definition) is 1. The minimum Gasteiger partial charge on any atom is -0.479 e. The molecule has 6 nitrogen and oxygen atoms in total. The van der Waals surface area contributed by atoms with E-state index in [1.165, 1.54) is 0 Å². The van der Waals surface area contributed by atoms with Crippen molar-refractivity contribution in [3.63, 3.8) is 0 Å². The SMILES string of the molecule is CC12CCC(C(=O)OCC(=O)O)(OC1=O)C2(C)C. The van der Waals surface area contributed by atoms with E-state index in [1.807, 2.05) is 0 Å². The zero-order valence-corrected chi connectivity index (χ0v) is 10.6. The molecule has 2 fully saturated rings. The number of carbonyl (C=O) groups is 3. The molecule has 2 unspecified atom stereocenters. The van der Waals surface area contributed by atoms with Crippen LogP contribution in [-0.2, 0) is 23.9 Å². The lowest BCUT2D eigenvalue weighted by atomic mass is 9.66. The highest BCUT2D eigenvalue weighted by Crippen LogP contribution is 2.65. The monoisotopic (exact) mass is 256 g/mol. The zero-order valence-electron chi connectivity index (χ0n) is 10.6. The molecule has 1 aliphatic carbocycles. The van der Waals surface area contributed by atoms with Crippen molar-refractivity contribution in [2.24, 2.45) is 10.8 Å². The summed E-state index contributed by atoms with van der Waals surface area (Å²) in [6.45, 7) is 4.62. The fourth-order valence-corrected chi connectivity index (χ4v) is 2.95. The highest BCUT2D eigenvalue weighted by atomic mass is 16.6. The predicted octanol–water partition coefficient (Wildman–Crippen LogP) is 0.736. The molecule has 100 valence electrons. The third kappa shape index (κ3) is 1.26. The highest BCUT2D eigenvalue weighted by Gasteiger charge is 2.76. The Morgan fingerprint density at radius 1 is 1.33 bits per heavy atom. The van der Waals surface area contributed by atoms with Gasteiger partial charge in [0.05, 0.1) is 5.41 Å². The lowest BCUT2D eigenvalue weighted by Crippen LogP contribution is -2.49. The van der Waals surface area contributed by atoms with Gasteiger partial charge < -0.3 is 14.6 Å². The minimum atomic E-state index is -1.34. The molecule has 2 bridgehead atoms. The quantitative estimate of drug-likeness (QED) is 0.749. The molecule has 1 N–H and O–H groups in total. The number of fused-ring (bicyclic) bond motifs is 2. The molecule has 0 aromatic heterocycles. The van der Waals surface area contributed by atoms with Gasteiger partial charge in [0.15, 0.2) is 6.61 Å². The van der Waals surface area contributed by atoms with E-state index < -0.39 is 40.9 Å². The molecular formula is C12H16O6. The Balaban J connectivity index is 2.30. The maximum Gasteiger partial charge on any atom is 0.351 e. The van der Waals surface area contributed by atoms with E-state index in [-0.39, 0.29) is 0 Å². The lowest BCUT2D eigenvalue weighted by Gasteiger charge is -2.34. The summed E-state index contributed by atoms with van der Waals surface area (Å²) in [4.78, 5) is 34.4. The Morgan fingerprint density at radius 3 is 2.33 bits per heavy atom. The molecule has 0 aromatic rings. The van der Waals surface area contributed by atoms with Crippen LogP contribution in [0.5, 0.6) is 0 Å². The lowest BCUT2D eigenvalue weighted by molar-refractivity contribution is -0.185. The molecule has 0 aromatic carbocycles. The minimum absolute atomic E-state index is 0.376. The first-order chi connectivity index (χ1) is 8.17. The topological polar surface area (TPSA) is 89.9 Å². The third-order valence-electron chi connectivity index (χ3n) is 4.74. The Kier molecular flexibility index (Phi) is 2.47. The highest BCUT2D eigenvalue weighted by molar-refractivity contribution is 5.94. The second kappa shape index (κ2) is 3.46. The number of aliphatic carboxylic acids is 1. The number of rotatable bonds is 3. The van der Waals surface area contributed by atoms with Crippen molar-refractivity contribution in [1.29, 1.82) is 0 Å². The van der Waals surface area contributed by atoms with Gasteiger partial charge in [0.1, 0.15) is 0 Å². The predicted molar refractivity (Wildman–Crippen MR) is 58.5 cm³/mol. The van der Waals surface area contributed by atoms with Gasteiger partial charge in [-0.1, -0.05) is 13.8 Å². The Morgan fingerprint density at radius 2 is 1.94 bits per heavy atom. The van der Waals surface area contributed by atoms with Crippen molar-refractivity contribution in [2.75, 3.05) is 6.61 Å². The maximum absolute atomic E-state index is 12.1. The van der Waals surface area contributed by atoms with E-state index in [0.717, 1.165) is 0 Å². The smallest absolute Gasteiger partial charge is 0.351 e. The summed E-state index contributed by atoms with van der Waals surface area (Å²) in [6, 6.07) is 0. The van der Waals surface area contributed by atoms with Crippen LogP contribution in [-0.4, -0.2) is 35.2 Å². The molecule has 0 radical (unpaired) electrons. The second-order valence-corrected chi connectivity index (χ2v) is 5.64. The summed E-state index contributed by atoms with van der Waals surface area (Å²) in [7, 11) is 0. The van der Waals surface area contributed by atoms with Crippen LogP contribution < -0.4 is 0 Å². The Hall–Kier alpha value is -1.59. The Labute approximate surface area is 104 Å². The first-order valence-electron chi connectivity index (χ1n) is 5.80. The molecule has 0 spiro atoms. The number of esters is 2. The number of carbonyl (C=O) groups excluding carboxylic acids is 2. The number of ether oxygens (including phenoxy) is 2. The van der Waals surface area contributed by atoms with Crippen molar-refractivity contribution in [1.82, 2.24) is 0 Å². The average Bonchev–Trinajstić information content (AvgIpc) is 2.56. The first kappa shape index (κ1) is 12.9. The zero-order chi connectivity index (χ0) is 13.8. The van der Waals surface area contributed by atoms with E-state index in [2.05, 4.69) is 0 Å². The molecule has 1 saturated carbocycles. The molecule has 2 rings (SSSR count). The summed E-state index contributed by atoms with van der Waals surface area (Å²) in [5.41, 5.74) is -2.75. The van der Waals surface area contributed by atoms with Crippen molar-refractivity contribution >= 4 is 17.9 Å². The van der Waals surface area contributed by atoms with Crippen LogP contribution in [0.25, 0.3) is 0 Å². The van der Waals surface area contributed by atoms with Crippen LogP contribution >= 0.6 is 0 Å². The normalized spacial score (nSPS) is 36.3. The van der Waals surface area contributed by atoms with Gasteiger partial charge in [-0.2, -0.15) is 0 Å². The second-order valence-electron chi connectivity index (χ2n) is 5.64. The van der Waals surface area contributed by atoms with Gasteiger partial charge in [-0.15, -0.1) is 0 Å². The van der Waals surface area contributed by atoms with Crippen molar-refractivity contribution in [3.05, 3.63) is 0 Å². The van der Waals surface area contributed by atoms with Gasteiger partial charge in [-0.05, 0) is 19.8 Å². The van der Waals surface area contributed by atoms with Gasteiger partial charge in [0.2, 0.25) is 5.60 Å². The molecular weight excluding hydrogens is 240 g/mol. The van der Waals surface area contributed by atoms with Crippen molar-refractivity contribution < 1.29 is 29.0 Å². The van der Waals surface area contributed by atoms with Crippen molar-refractivity contribution in [2.45, 2.75) is 39.2 Å². The fourth-order valence-electron chi connectivity index (χ4n) is 2.95. The summed E-state index contributed by atoms with van der Waals surface area (Å²) < 4.78 is 9.98. The summed E-state index contributed by atoms with van der Waals surface area (Å²) in [5.74, 6) is -2.40. The number of carboxylic acid groups (broad SMARTS) is 1. The van der Waals surface area contributed by atoms with Crippen LogP contribution in [0, 0.1) is 10.8 Å². The van der Waals surface area contributed by atoms with Crippen LogP contribution in [0.2, 0.25) is 0 Å². The maximum atomic E-state index is 12.1. The van der Waals surface area contributed by atoms with Crippen LogP contribution in [0.4, 0.5) is 0 Å². The Bertz CT molecular complexity index is 440. The molecule has 0 amide bonds. The third-order valence-corrected chi connectivity index (χ3v) is 4.74. The average molecular weight is 256 g/mol. The van der Waals surface area contributed by atoms with E-state index >= 15 is 0 Å². The van der Waals surface area contributed by atoms with Crippen LogP contribution in [0.15, 0.2) is 0 Å². The molecule has 2 atom stereocenters. The first-order valence-corrected chi connectivity index (χ1v) is 5.80. The van der Waals surface area contributed by atoms with Gasteiger partial charge >= 0.3 is 17.9 Å². The number of hydrogen-bond acceptors (Lipinski definition) is 5. The summed E-state index contributed by atoms with van der Waals surface area (Å²) in [6.07, 6.45) is 0.918. The largest absolute Gasteiger partial charge is 0.479 e. The number of carboxylic acids is 1. The van der Waals surface area contributed by atoms with Crippen LogP contribution in [0.3, 0.4) is 0 Å². The fraction of sp³-hybridized carbons (Fsp3) is 0.750. The molecule has 1 heterocycles. The van der Waals surface area contributed by atoms with E-state index in [4.69, 9.17) is 14.6 Å². The van der Waals surface area contributed by atoms with Gasteiger partial charge in [0.25, 0.3) is 0 Å². The van der Waals surface area contributed by atoms with Gasteiger partial charge in [-0.3, -0.25) is 4.79 Å². The summed E-state index contributed by atoms with van der Waals surface area (Å²) in [5, 5.41) is 8.52. The van der Waals surface area contributed by atoms with Crippen LogP contribution in [0.1, 0.15) is 33.6 Å². The van der Waals surface area contributed by atoms with Gasteiger partial charge in [-0.25, -0.2) is 9.59 Å². The van der Waals surface area contributed by atoms with E-state index in [9.17, 15) is 14.4 Å².